The van der Waals surface area contributed by atoms with E-state index in [2.05, 4.69) is 21.2 Å². The molecule has 0 saturated heterocycles. The number of fused-ring (bicyclic) bond motifs is 1. The highest BCUT2D eigenvalue weighted by atomic mass is 79.9. The van der Waals surface area contributed by atoms with Crippen LogP contribution in [0.25, 0.3) is 0 Å². The van der Waals surface area contributed by atoms with Crippen molar-refractivity contribution in [1.82, 2.24) is 10.2 Å². The molecular formula is C20H19BrN2O5. The molecule has 2 aromatic rings. The lowest BCUT2D eigenvalue weighted by Gasteiger charge is -2.14. The number of imide groups is 1. The molecule has 0 aromatic heterocycles. The maximum atomic E-state index is 12.4. The van der Waals surface area contributed by atoms with Gasteiger partial charge in [0.25, 0.3) is 11.8 Å². The van der Waals surface area contributed by atoms with E-state index in [4.69, 9.17) is 9.47 Å². The summed E-state index contributed by atoms with van der Waals surface area (Å²) < 4.78 is 11.2. The third kappa shape index (κ3) is 4.01. The van der Waals surface area contributed by atoms with Crippen molar-refractivity contribution >= 4 is 33.7 Å². The molecule has 0 atom stereocenters. The molecule has 0 fully saturated rings. The van der Waals surface area contributed by atoms with Crippen molar-refractivity contribution in [2.75, 3.05) is 27.3 Å². The van der Waals surface area contributed by atoms with Crippen molar-refractivity contribution in [3.05, 3.63) is 57.6 Å². The van der Waals surface area contributed by atoms with Crippen molar-refractivity contribution in [2.45, 2.75) is 6.42 Å². The largest absolute Gasteiger partial charge is 0.493 e. The highest BCUT2D eigenvalue weighted by Gasteiger charge is 2.36. The first-order valence-corrected chi connectivity index (χ1v) is 9.37. The Labute approximate surface area is 170 Å². The molecule has 1 N–H and O–H groups in total. The molecular weight excluding hydrogens is 428 g/mol. The molecule has 0 radical (unpaired) electrons. The van der Waals surface area contributed by atoms with Gasteiger partial charge in [0.1, 0.15) is 6.54 Å². The number of amides is 3. The minimum absolute atomic E-state index is 0.303. The molecule has 28 heavy (non-hydrogen) atoms. The molecule has 0 unspecified atom stereocenters. The van der Waals surface area contributed by atoms with Gasteiger partial charge >= 0.3 is 0 Å². The first-order chi connectivity index (χ1) is 13.4. The number of nitrogens with zero attached hydrogens (tertiary/aromatic N) is 1. The van der Waals surface area contributed by atoms with E-state index in [1.165, 1.54) is 0 Å². The summed E-state index contributed by atoms with van der Waals surface area (Å²) in [7, 11) is 3.12. The second-order valence-corrected chi connectivity index (χ2v) is 7.09. The number of methoxy groups -OCH3 is 2. The monoisotopic (exact) mass is 446 g/mol. The van der Waals surface area contributed by atoms with Gasteiger partial charge in [-0.2, -0.15) is 0 Å². The van der Waals surface area contributed by atoms with Gasteiger partial charge in [-0.25, -0.2) is 0 Å². The molecule has 7 nitrogen and oxygen atoms in total. The molecule has 3 amide bonds. The van der Waals surface area contributed by atoms with Crippen LogP contribution in [0.1, 0.15) is 26.3 Å². The Bertz CT molecular complexity index is 944. The van der Waals surface area contributed by atoms with Crippen LogP contribution in [0.5, 0.6) is 11.5 Å². The molecule has 146 valence electrons. The third-order valence-electron chi connectivity index (χ3n) is 4.42. The second kappa shape index (κ2) is 8.43. The van der Waals surface area contributed by atoms with E-state index in [-0.39, 0.29) is 6.54 Å². The van der Waals surface area contributed by atoms with E-state index < -0.39 is 17.7 Å². The smallest absolute Gasteiger partial charge is 0.262 e. The third-order valence-corrected chi connectivity index (χ3v) is 4.91. The number of carbonyl (C=O) groups excluding carboxylic acids is 3. The Morgan fingerprint density at radius 2 is 1.71 bits per heavy atom. The number of carbonyl (C=O) groups is 3. The van der Waals surface area contributed by atoms with Gasteiger partial charge in [-0.3, -0.25) is 19.3 Å². The zero-order valence-electron chi connectivity index (χ0n) is 15.5. The van der Waals surface area contributed by atoms with Gasteiger partial charge in [0.2, 0.25) is 5.91 Å². The van der Waals surface area contributed by atoms with E-state index >= 15 is 0 Å². The fourth-order valence-electron chi connectivity index (χ4n) is 2.99. The topological polar surface area (TPSA) is 84.9 Å². The lowest BCUT2D eigenvalue weighted by Crippen LogP contribution is -2.40. The van der Waals surface area contributed by atoms with Crippen LogP contribution >= 0.6 is 15.9 Å². The van der Waals surface area contributed by atoms with Crippen molar-refractivity contribution in [1.29, 1.82) is 0 Å². The van der Waals surface area contributed by atoms with Crippen LogP contribution in [0.15, 0.2) is 40.9 Å². The van der Waals surface area contributed by atoms with E-state index in [1.807, 2.05) is 12.1 Å². The number of benzene rings is 2. The standard InChI is InChI=1S/C20H19BrN2O5/c1-27-16-6-3-12(9-17(16)28-2)7-8-22-18(24)11-23-19(25)14-5-4-13(21)10-15(14)20(23)26/h3-6,9-10H,7-8,11H2,1-2H3,(H,22,24). The van der Waals surface area contributed by atoms with E-state index in [0.717, 1.165) is 10.5 Å². The van der Waals surface area contributed by atoms with Crippen molar-refractivity contribution in [2.24, 2.45) is 0 Å². The summed E-state index contributed by atoms with van der Waals surface area (Å²) in [6.45, 7) is 0.0545. The molecule has 1 aliphatic heterocycles. The van der Waals surface area contributed by atoms with Crippen molar-refractivity contribution < 1.29 is 23.9 Å². The van der Waals surface area contributed by atoms with Crippen LogP contribution < -0.4 is 14.8 Å². The predicted molar refractivity (Wildman–Crippen MR) is 106 cm³/mol. The minimum atomic E-state index is -0.462. The summed E-state index contributed by atoms with van der Waals surface area (Å²) in [4.78, 5) is 37.9. The van der Waals surface area contributed by atoms with Gasteiger partial charge in [-0.15, -0.1) is 0 Å². The van der Waals surface area contributed by atoms with Crippen LogP contribution in [-0.4, -0.2) is 49.9 Å². The van der Waals surface area contributed by atoms with Crippen LogP contribution in [0.3, 0.4) is 0 Å². The highest BCUT2D eigenvalue weighted by Crippen LogP contribution is 2.28. The van der Waals surface area contributed by atoms with Gasteiger partial charge in [0, 0.05) is 11.0 Å². The zero-order chi connectivity index (χ0) is 20.3. The second-order valence-electron chi connectivity index (χ2n) is 6.18. The highest BCUT2D eigenvalue weighted by molar-refractivity contribution is 9.10. The number of halogens is 1. The molecule has 0 aliphatic carbocycles. The normalized spacial score (nSPS) is 12.8. The van der Waals surface area contributed by atoms with Gasteiger partial charge in [0.15, 0.2) is 11.5 Å². The predicted octanol–water partition coefficient (Wildman–Crippen LogP) is 2.42. The van der Waals surface area contributed by atoms with Crippen LogP contribution in [0, 0.1) is 0 Å². The molecule has 0 spiro atoms. The SMILES string of the molecule is COc1ccc(CCNC(=O)CN2C(=O)c3ccc(Br)cc3C2=O)cc1OC. The Balaban J connectivity index is 1.55. The molecule has 0 saturated carbocycles. The number of ether oxygens (including phenoxy) is 2. The molecule has 3 rings (SSSR count). The zero-order valence-corrected chi connectivity index (χ0v) is 17.0. The number of hydrogen-bond acceptors (Lipinski definition) is 5. The Kier molecular flexibility index (Phi) is 5.99. The number of hydrogen-bond donors (Lipinski definition) is 1. The maximum absolute atomic E-state index is 12.4. The lowest BCUT2D eigenvalue weighted by atomic mass is 10.1. The number of nitrogens with one attached hydrogen (secondary N) is 1. The molecule has 0 bridgehead atoms. The van der Waals surface area contributed by atoms with Gasteiger partial charge in [-0.05, 0) is 42.3 Å². The first kappa shape index (κ1) is 19.9. The minimum Gasteiger partial charge on any atom is -0.493 e. The molecule has 1 aliphatic rings. The summed E-state index contributed by atoms with van der Waals surface area (Å²) in [5.74, 6) is -0.0658. The van der Waals surface area contributed by atoms with Gasteiger partial charge < -0.3 is 14.8 Å². The maximum Gasteiger partial charge on any atom is 0.262 e. The van der Waals surface area contributed by atoms with E-state index in [9.17, 15) is 14.4 Å². The Morgan fingerprint density at radius 3 is 2.43 bits per heavy atom. The fourth-order valence-corrected chi connectivity index (χ4v) is 3.35. The van der Waals surface area contributed by atoms with Gasteiger partial charge in [-0.1, -0.05) is 22.0 Å². The molecule has 1 heterocycles. The van der Waals surface area contributed by atoms with E-state index in [1.54, 1.807) is 38.5 Å². The summed E-state index contributed by atoms with van der Waals surface area (Å²) >= 11 is 3.28. The average Bonchev–Trinajstić information content (AvgIpc) is 2.92. The number of rotatable bonds is 7. The summed E-state index contributed by atoms with van der Waals surface area (Å²) in [5, 5.41) is 2.74. The Morgan fingerprint density at radius 1 is 1.00 bits per heavy atom. The average molecular weight is 447 g/mol. The molecule has 8 heteroatoms. The fraction of sp³-hybridized carbons (Fsp3) is 0.250. The summed E-state index contributed by atoms with van der Waals surface area (Å²) in [5.41, 5.74) is 1.58. The Hall–Kier alpha value is -2.87. The lowest BCUT2D eigenvalue weighted by molar-refractivity contribution is -0.121. The summed E-state index contributed by atoms with van der Waals surface area (Å²) in [6.07, 6.45) is 0.571. The first-order valence-electron chi connectivity index (χ1n) is 8.58. The summed E-state index contributed by atoms with van der Waals surface area (Å²) in [6, 6.07) is 10.4. The van der Waals surface area contributed by atoms with Crippen molar-refractivity contribution in [3.8, 4) is 11.5 Å². The van der Waals surface area contributed by atoms with Crippen LogP contribution in [0.4, 0.5) is 0 Å². The quantitative estimate of drug-likeness (QED) is 0.660. The van der Waals surface area contributed by atoms with Crippen LogP contribution in [0.2, 0.25) is 0 Å². The van der Waals surface area contributed by atoms with Crippen molar-refractivity contribution in [3.63, 3.8) is 0 Å². The molecule has 2 aromatic carbocycles. The van der Waals surface area contributed by atoms with E-state index in [0.29, 0.717) is 40.1 Å². The van der Waals surface area contributed by atoms with Gasteiger partial charge in [0.05, 0.1) is 25.3 Å². The van der Waals surface area contributed by atoms with Crippen LogP contribution in [-0.2, 0) is 11.2 Å².